The molecule has 1 unspecified atom stereocenters. The smallest absolute Gasteiger partial charge is 0.233 e. The Labute approximate surface area is 203 Å². The molecule has 33 heavy (non-hydrogen) atoms. The molecule has 1 aromatic carbocycles. The lowest BCUT2D eigenvalue weighted by atomic mass is 9.53. The van der Waals surface area contributed by atoms with E-state index in [0.717, 1.165) is 33.6 Å². The van der Waals surface area contributed by atoms with Gasteiger partial charge in [-0.3, -0.25) is 9.36 Å². The van der Waals surface area contributed by atoms with Crippen LogP contribution < -0.4 is 5.32 Å². The Morgan fingerprint density at radius 2 is 1.79 bits per heavy atom. The normalized spacial score (nSPS) is 28.7. The predicted octanol–water partition coefficient (Wildman–Crippen LogP) is 5.62. The lowest BCUT2D eigenvalue weighted by Gasteiger charge is -2.57. The maximum Gasteiger partial charge on any atom is 0.233 e. The average molecular weight is 479 g/mol. The fourth-order valence-electron chi connectivity index (χ4n) is 6.71. The van der Waals surface area contributed by atoms with Crippen molar-refractivity contribution in [2.75, 3.05) is 0 Å². The molecule has 2 heterocycles. The Kier molecular flexibility index (Phi) is 5.57. The average Bonchev–Trinajstić information content (AvgIpc) is 3.44. The van der Waals surface area contributed by atoms with Crippen molar-refractivity contribution in [1.82, 2.24) is 20.1 Å². The first kappa shape index (κ1) is 21.4. The van der Waals surface area contributed by atoms with Crippen LogP contribution in [0.5, 0.6) is 0 Å². The summed E-state index contributed by atoms with van der Waals surface area (Å²) in [5, 5.41) is 15.2. The molecule has 5 nitrogen and oxygen atoms in total. The number of amides is 1. The van der Waals surface area contributed by atoms with Crippen LogP contribution in [0.25, 0.3) is 10.7 Å². The molecule has 7 rings (SSSR count). The number of aromatic nitrogens is 3. The quantitative estimate of drug-likeness (QED) is 0.448. The summed E-state index contributed by atoms with van der Waals surface area (Å²) in [6, 6.07) is 14.5. The fourth-order valence-corrected chi connectivity index (χ4v) is 8.28. The van der Waals surface area contributed by atoms with Gasteiger partial charge in [0.1, 0.15) is 0 Å². The Balaban J connectivity index is 1.21. The molecule has 0 radical (unpaired) electrons. The van der Waals surface area contributed by atoms with Gasteiger partial charge in [-0.2, -0.15) is 0 Å². The van der Waals surface area contributed by atoms with Crippen molar-refractivity contribution in [3.8, 4) is 10.7 Å². The van der Waals surface area contributed by atoms with E-state index in [1.165, 1.54) is 55.9 Å². The highest BCUT2D eigenvalue weighted by Crippen LogP contribution is 2.55. The van der Waals surface area contributed by atoms with Crippen molar-refractivity contribution >= 4 is 29.0 Å². The van der Waals surface area contributed by atoms with E-state index in [0.29, 0.717) is 6.54 Å². The van der Waals surface area contributed by atoms with Gasteiger partial charge in [-0.15, -0.1) is 21.5 Å². The van der Waals surface area contributed by atoms with E-state index in [2.05, 4.69) is 55.8 Å². The van der Waals surface area contributed by atoms with Gasteiger partial charge in [-0.25, -0.2) is 0 Å². The third-order valence-electron chi connectivity index (χ3n) is 7.72. The predicted molar refractivity (Wildman–Crippen MR) is 133 cm³/mol. The van der Waals surface area contributed by atoms with Crippen molar-refractivity contribution in [2.24, 2.45) is 17.8 Å². The first-order chi connectivity index (χ1) is 16.1. The van der Waals surface area contributed by atoms with Crippen molar-refractivity contribution < 1.29 is 4.79 Å². The number of carbonyl (C=O) groups excluding carboxylic acids is 1. The SMILES string of the molecule is CC(Sc1nnc(-c2cccs2)n1Cc1ccccc1)C(=O)NC12CC3CC(CC(C3)C1)C2. The molecule has 4 aliphatic rings. The van der Waals surface area contributed by atoms with Crippen molar-refractivity contribution in [3.63, 3.8) is 0 Å². The second kappa shape index (κ2) is 8.58. The van der Waals surface area contributed by atoms with Crippen LogP contribution in [0.1, 0.15) is 51.0 Å². The minimum Gasteiger partial charge on any atom is -0.350 e. The van der Waals surface area contributed by atoms with Gasteiger partial charge in [-0.1, -0.05) is 48.2 Å². The van der Waals surface area contributed by atoms with Crippen LogP contribution in [-0.4, -0.2) is 31.5 Å². The summed E-state index contributed by atoms with van der Waals surface area (Å²) >= 11 is 3.19. The van der Waals surface area contributed by atoms with Gasteiger partial charge in [0.05, 0.1) is 16.7 Å². The third kappa shape index (κ3) is 4.26. The molecule has 4 aliphatic carbocycles. The zero-order valence-corrected chi connectivity index (χ0v) is 20.6. The highest BCUT2D eigenvalue weighted by Gasteiger charge is 2.51. The van der Waals surface area contributed by atoms with Crippen molar-refractivity contribution in [1.29, 1.82) is 0 Å². The molecule has 0 spiro atoms. The largest absolute Gasteiger partial charge is 0.350 e. The number of nitrogens with one attached hydrogen (secondary N) is 1. The number of benzene rings is 1. The van der Waals surface area contributed by atoms with Crippen molar-refractivity contribution in [2.45, 2.75) is 67.9 Å². The van der Waals surface area contributed by atoms with Gasteiger partial charge in [0, 0.05) is 5.54 Å². The summed E-state index contributed by atoms with van der Waals surface area (Å²) in [7, 11) is 0. The second-order valence-corrected chi connectivity index (χ2v) is 12.6. The molecule has 4 saturated carbocycles. The molecular formula is C26H30N4OS2. The Bertz CT molecular complexity index is 1090. The van der Waals surface area contributed by atoms with E-state index in [-0.39, 0.29) is 16.7 Å². The van der Waals surface area contributed by atoms with Crippen LogP contribution in [0.2, 0.25) is 0 Å². The van der Waals surface area contributed by atoms with Crippen LogP contribution in [0, 0.1) is 17.8 Å². The Hall–Kier alpha value is -2.12. The number of carbonyl (C=O) groups is 1. The number of nitrogens with zero attached hydrogens (tertiary/aromatic N) is 3. The molecule has 0 aliphatic heterocycles. The highest BCUT2D eigenvalue weighted by molar-refractivity contribution is 8.00. The number of thioether (sulfide) groups is 1. The number of hydrogen-bond acceptors (Lipinski definition) is 5. The fraction of sp³-hybridized carbons (Fsp3) is 0.500. The van der Waals surface area contributed by atoms with Crippen molar-refractivity contribution in [3.05, 3.63) is 53.4 Å². The molecule has 0 saturated heterocycles. The maximum absolute atomic E-state index is 13.3. The summed E-state index contributed by atoms with van der Waals surface area (Å²) in [6.07, 6.45) is 7.67. The van der Waals surface area contributed by atoms with Crippen LogP contribution >= 0.6 is 23.1 Å². The van der Waals surface area contributed by atoms with Crippen LogP contribution in [0.4, 0.5) is 0 Å². The summed E-state index contributed by atoms with van der Waals surface area (Å²) < 4.78 is 2.15. The van der Waals surface area contributed by atoms with Gasteiger partial charge >= 0.3 is 0 Å². The second-order valence-electron chi connectivity index (χ2n) is 10.3. The molecule has 172 valence electrons. The van der Waals surface area contributed by atoms with E-state index in [4.69, 9.17) is 0 Å². The topological polar surface area (TPSA) is 59.8 Å². The minimum absolute atomic E-state index is 0.0422. The number of hydrogen-bond donors (Lipinski definition) is 1. The molecule has 4 bridgehead atoms. The molecule has 2 aromatic heterocycles. The van der Waals surface area contributed by atoms with Gasteiger partial charge in [0.2, 0.25) is 5.91 Å². The first-order valence-electron chi connectivity index (χ1n) is 12.1. The van der Waals surface area contributed by atoms with E-state index >= 15 is 0 Å². The lowest BCUT2D eigenvalue weighted by molar-refractivity contribution is -0.126. The molecule has 1 atom stereocenters. The molecule has 3 aromatic rings. The van der Waals surface area contributed by atoms with Crippen LogP contribution in [-0.2, 0) is 11.3 Å². The summed E-state index contributed by atoms with van der Waals surface area (Å²) in [4.78, 5) is 14.4. The number of thiophene rings is 1. The Morgan fingerprint density at radius 1 is 1.09 bits per heavy atom. The molecule has 7 heteroatoms. The van der Waals surface area contributed by atoms with Gasteiger partial charge in [0.25, 0.3) is 0 Å². The lowest BCUT2D eigenvalue weighted by Crippen LogP contribution is -2.60. The summed E-state index contributed by atoms with van der Waals surface area (Å²) in [5.41, 5.74) is 1.24. The van der Waals surface area contributed by atoms with E-state index < -0.39 is 0 Å². The third-order valence-corrected chi connectivity index (χ3v) is 9.67. The van der Waals surface area contributed by atoms with Gasteiger partial charge < -0.3 is 5.32 Å². The van der Waals surface area contributed by atoms with Gasteiger partial charge in [0.15, 0.2) is 11.0 Å². The summed E-state index contributed by atoms with van der Waals surface area (Å²) in [6.45, 7) is 2.69. The maximum atomic E-state index is 13.3. The molecule has 1 amide bonds. The van der Waals surface area contributed by atoms with E-state index in [1.54, 1.807) is 11.3 Å². The first-order valence-corrected chi connectivity index (χ1v) is 13.8. The molecule has 4 fully saturated rings. The summed E-state index contributed by atoms with van der Waals surface area (Å²) in [5.74, 6) is 3.48. The number of rotatable bonds is 7. The van der Waals surface area contributed by atoms with E-state index in [9.17, 15) is 4.79 Å². The van der Waals surface area contributed by atoms with Gasteiger partial charge in [-0.05, 0) is 80.2 Å². The standard InChI is InChI=1S/C26H30N4OS2/c1-17(24(31)27-26-13-19-10-20(14-26)12-21(11-19)15-26)33-25-29-28-23(22-8-5-9-32-22)30(25)16-18-6-3-2-4-7-18/h2-9,17,19-21H,10-16H2,1H3,(H,27,31). The molecule has 1 N–H and O–H groups in total. The van der Waals surface area contributed by atoms with Crippen LogP contribution in [0.3, 0.4) is 0 Å². The van der Waals surface area contributed by atoms with Crippen LogP contribution in [0.15, 0.2) is 53.0 Å². The Morgan fingerprint density at radius 3 is 2.42 bits per heavy atom. The monoisotopic (exact) mass is 478 g/mol. The molecular weight excluding hydrogens is 448 g/mol. The highest BCUT2D eigenvalue weighted by atomic mass is 32.2. The van der Waals surface area contributed by atoms with E-state index in [1.807, 2.05) is 19.1 Å². The zero-order chi connectivity index (χ0) is 22.4. The minimum atomic E-state index is -0.215. The zero-order valence-electron chi connectivity index (χ0n) is 18.9.